The maximum atomic E-state index is 12.0. The van der Waals surface area contributed by atoms with E-state index >= 15 is 0 Å². The van der Waals surface area contributed by atoms with Gasteiger partial charge in [0.15, 0.2) is 0 Å². The molecule has 1 heterocycles. The van der Waals surface area contributed by atoms with Crippen molar-refractivity contribution < 1.29 is 28.3 Å². The summed E-state index contributed by atoms with van der Waals surface area (Å²) >= 11 is 0. The third kappa shape index (κ3) is 4.22. The first-order valence-electron chi connectivity index (χ1n) is 7.13. The number of esters is 2. The van der Waals surface area contributed by atoms with Gasteiger partial charge in [-0.2, -0.15) is 0 Å². The van der Waals surface area contributed by atoms with Crippen LogP contribution in [0.25, 0.3) is 0 Å². The molecule has 0 aliphatic rings. The highest BCUT2D eigenvalue weighted by atomic mass is 16.5. The average molecular weight is 331 g/mol. The molecule has 0 aliphatic heterocycles. The Bertz CT molecular complexity index is 760. The molecule has 2 aromatic rings. The number of nitrogens with one attached hydrogen (secondary N) is 1. The van der Waals surface area contributed by atoms with Gasteiger partial charge in [-0.1, -0.05) is 0 Å². The lowest BCUT2D eigenvalue weighted by molar-refractivity contribution is -0.114. The van der Waals surface area contributed by atoms with E-state index in [1.54, 1.807) is 31.2 Å². The lowest BCUT2D eigenvalue weighted by Crippen LogP contribution is -2.07. The molecule has 7 heteroatoms. The second kappa shape index (κ2) is 7.45. The Morgan fingerprint density at radius 1 is 1.12 bits per heavy atom. The summed E-state index contributed by atoms with van der Waals surface area (Å²) < 4.78 is 15.1. The summed E-state index contributed by atoms with van der Waals surface area (Å²) in [6.07, 6.45) is 0. The van der Waals surface area contributed by atoms with E-state index in [0.29, 0.717) is 28.3 Å². The zero-order valence-electron chi connectivity index (χ0n) is 13.5. The van der Waals surface area contributed by atoms with Crippen LogP contribution in [0.2, 0.25) is 0 Å². The molecular weight excluding hydrogens is 314 g/mol. The van der Waals surface area contributed by atoms with E-state index in [2.05, 4.69) is 10.1 Å². The summed E-state index contributed by atoms with van der Waals surface area (Å²) in [5.41, 5.74) is 1.22. The molecule has 0 unspecified atom stereocenters. The van der Waals surface area contributed by atoms with E-state index in [1.807, 2.05) is 0 Å². The number of benzene rings is 1. The molecule has 2 rings (SSSR count). The van der Waals surface area contributed by atoms with Crippen molar-refractivity contribution >= 4 is 23.5 Å². The number of carbonyl (C=O) groups is 3. The molecule has 0 spiro atoms. The number of aryl methyl sites for hydroxylation is 1. The molecule has 0 saturated heterocycles. The predicted molar refractivity (Wildman–Crippen MR) is 84.6 cm³/mol. The fraction of sp³-hybridized carbons (Fsp3) is 0.235. The molecule has 126 valence electrons. The van der Waals surface area contributed by atoms with Crippen molar-refractivity contribution in [3.63, 3.8) is 0 Å². The van der Waals surface area contributed by atoms with Crippen molar-refractivity contribution in [2.45, 2.75) is 20.5 Å². The molecule has 1 amide bonds. The normalized spacial score (nSPS) is 10.1. The molecule has 0 saturated carbocycles. The number of methoxy groups -OCH3 is 1. The number of furan rings is 1. The quantitative estimate of drug-likeness (QED) is 0.847. The second-order valence-electron chi connectivity index (χ2n) is 5.01. The van der Waals surface area contributed by atoms with Gasteiger partial charge < -0.3 is 19.2 Å². The number of hydrogen-bond acceptors (Lipinski definition) is 6. The molecule has 1 aromatic heterocycles. The first-order chi connectivity index (χ1) is 11.4. The van der Waals surface area contributed by atoms with Crippen molar-refractivity contribution in [3.05, 3.63) is 53.0 Å². The highest BCUT2D eigenvalue weighted by molar-refractivity contribution is 5.92. The van der Waals surface area contributed by atoms with Crippen LogP contribution in [0.1, 0.15) is 39.2 Å². The molecule has 0 radical (unpaired) electrons. The monoisotopic (exact) mass is 331 g/mol. The van der Waals surface area contributed by atoms with Crippen LogP contribution >= 0.6 is 0 Å². The third-order valence-corrected chi connectivity index (χ3v) is 3.16. The van der Waals surface area contributed by atoms with Gasteiger partial charge in [0.1, 0.15) is 23.7 Å². The Morgan fingerprint density at radius 3 is 2.38 bits per heavy atom. The summed E-state index contributed by atoms with van der Waals surface area (Å²) in [6.45, 7) is 2.92. The Balaban J connectivity index is 1.98. The lowest BCUT2D eigenvalue weighted by atomic mass is 10.2. The van der Waals surface area contributed by atoms with E-state index < -0.39 is 11.9 Å². The average Bonchev–Trinajstić information content (AvgIpc) is 2.93. The summed E-state index contributed by atoms with van der Waals surface area (Å²) in [6, 6.07) is 7.77. The molecule has 7 nitrogen and oxygen atoms in total. The fourth-order valence-corrected chi connectivity index (χ4v) is 2.04. The van der Waals surface area contributed by atoms with Gasteiger partial charge in [0.05, 0.1) is 12.7 Å². The predicted octanol–water partition coefficient (Wildman–Crippen LogP) is 2.69. The van der Waals surface area contributed by atoms with Gasteiger partial charge in [-0.25, -0.2) is 9.59 Å². The SMILES string of the molecule is COC(=O)c1cc(COC(=O)c2ccc(NC(C)=O)cc2)oc1C. The number of carbonyl (C=O) groups excluding carboxylic acids is 3. The summed E-state index contributed by atoms with van der Waals surface area (Å²) in [5.74, 6) is -0.510. The van der Waals surface area contributed by atoms with E-state index in [-0.39, 0.29) is 12.5 Å². The minimum atomic E-state index is -0.543. The Kier molecular flexibility index (Phi) is 5.36. The van der Waals surface area contributed by atoms with Gasteiger partial charge >= 0.3 is 11.9 Å². The lowest BCUT2D eigenvalue weighted by Gasteiger charge is -2.05. The van der Waals surface area contributed by atoms with Crippen LogP contribution in [0.5, 0.6) is 0 Å². The van der Waals surface area contributed by atoms with Crippen LogP contribution in [-0.2, 0) is 20.9 Å². The van der Waals surface area contributed by atoms with E-state index in [9.17, 15) is 14.4 Å². The number of hydrogen-bond donors (Lipinski definition) is 1. The first kappa shape index (κ1) is 17.3. The van der Waals surface area contributed by atoms with Crippen LogP contribution in [0.15, 0.2) is 34.7 Å². The van der Waals surface area contributed by atoms with Crippen LogP contribution in [-0.4, -0.2) is 25.0 Å². The van der Waals surface area contributed by atoms with Gasteiger partial charge in [0.25, 0.3) is 0 Å². The number of anilines is 1. The van der Waals surface area contributed by atoms with Gasteiger partial charge in [-0.05, 0) is 37.3 Å². The number of rotatable bonds is 5. The highest BCUT2D eigenvalue weighted by Crippen LogP contribution is 2.17. The molecule has 24 heavy (non-hydrogen) atoms. The third-order valence-electron chi connectivity index (χ3n) is 3.16. The largest absolute Gasteiger partial charge is 0.465 e. The number of ether oxygens (including phenoxy) is 2. The van der Waals surface area contributed by atoms with E-state index in [0.717, 1.165) is 0 Å². The second-order valence-corrected chi connectivity index (χ2v) is 5.01. The van der Waals surface area contributed by atoms with Crippen LogP contribution in [0, 0.1) is 6.92 Å². The van der Waals surface area contributed by atoms with Crippen molar-refractivity contribution in [3.8, 4) is 0 Å². The van der Waals surface area contributed by atoms with Crippen LogP contribution in [0.3, 0.4) is 0 Å². The van der Waals surface area contributed by atoms with Gasteiger partial charge in [0, 0.05) is 12.6 Å². The maximum absolute atomic E-state index is 12.0. The van der Waals surface area contributed by atoms with Crippen molar-refractivity contribution in [1.82, 2.24) is 0 Å². The maximum Gasteiger partial charge on any atom is 0.341 e. The highest BCUT2D eigenvalue weighted by Gasteiger charge is 2.16. The summed E-state index contributed by atoms with van der Waals surface area (Å²) in [5, 5.41) is 2.60. The van der Waals surface area contributed by atoms with E-state index in [4.69, 9.17) is 9.15 Å². The molecule has 0 atom stereocenters. The van der Waals surface area contributed by atoms with Crippen LogP contribution in [0.4, 0.5) is 5.69 Å². The van der Waals surface area contributed by atoms with Crippen molar-refractivity contribution in [2.75, 3.05) is 12.4 Å². The zero-order chi connectivity index (χ0) is 17.7. The topological polar surface area (TPSA) is 94.8 Å². The van der Waals surface area contributed by atoms with Gasteiger partial charge in [-0.3, -0.25) is 4.79 Å². The summed E-state index contributed by atoms with van der Waals surface area (Å²) in [4.78, 5) is 34.4. The molecule has 1 N–H and O–H groups in total. The Morgan fingerprint density at radius 2 is 1.79 bits per heavy atom. The molecule has 0 aliphatic carbocycles. The first-order valence-corrected chi connectivity index (χ1v) is 7.13. The summed E-state index contributed by atoms with van der Waals surface area (Å²) in [7, 11) is 1.28. The molecular formula is C17H17NO6. The molecule has 0 fully saturated rings. The minimum Gasteiger partial charge on any atom is -0.465 e. The Hall–Kier alpha value is -3.09. The van der Waals surface area contributed by atoms with Gasteiger partial charge in [0.2, 0.25) is 5.91 Å². The smallest absolute Gasteiger partial charge is 0.341 e. The molecule has 0 bridgehead atoms. The number of amides is 1. The Labute approximate surface area is 138 Å². The fourth-order valence-electron chi connectivity index (χ4n) is 2.04. The standard InChI is InChI=1S/C17H17NO6/c1-10-15(17(21)22-3)8-14(24-10)9-23-16(20)12-4-6-13(7-5-12)18-11(2)19/h4-8H,9H2,1-3H3,(H,18,19). The minimum absolute atomic E-state index is 0.107. The zero-order valence-corrected chi connectivity index (χ0v) is 13.5. The van der Waals surface area contributed by atoms with Crippen LogP contribution < -0.4 is 5.32 Å². The van der Waals surface area contributed by atoms with Gasteiger partial charge in [-0.15, -0.1) is 0 Å². The van der Waals surface area contributed by atoms with Crippen molar-refractivity contribution in [2.24, 2.45) is 0 Å². The van der Waals surface area contributed by atoms with E-state index in [1.165, 1.54) is 20.1 Å². The van der Waals surface area contributed by atoms with Crippen molar-refractivity contribution in [1.29, 1.82) is 0 Å². The molecule has 1 aromatic carbocycles.